The molecule has 0 aliphatic rings. The number of hydrogen-bond donors (Lipinski definition) is 1. The van der Waals surface area contributed by atoms with Crippen molar-refractivity contribution in [1.29, 1.82) is 0 Å². The average molecular weight is 266 g/mol. The molecule has 5 nitrogen and oxygen atoms in total. The van der Waals surface area contributed by atoms with Crippen molar-refractivity contribution in [3.63, 3.8) is 0 Å². The molecule has 1 rings (SSSR count). The molecule has 1 aromatic carbocycles. The minimum absolute atomic E-state index is 0.144. The number of ether oxygens (including phenoxy) is 1. The Kier molecular flexibility index (Phi) is 6.45. The standard InChI is InChI=1S/C14H22N2O3/c1-4-7-15-13(10-19-3)9-12-5-6-14(16(17)18)8-11(12)2/h5-6,8,13,15H,4,7,9-10H2,1-3H3. The summed E-state index contributed by atoms with van der Waals surface area (Å²) in [6, 6.07) is 5.26. The van der Waals surface area contributed by atoms with Crippen molar-refractivity contribution in [3.8, 4) is 0 Å². The lowest BCUT2D eigenvalue weighted by Crippen LogP contribution is -2.35. The summed E-state index contributed by atoms with van der Waals surface area (Å²) in [5, 5.41) is 14.1. The first-order valence-electron chi connectivity index (χ1n) is 6.54. The van der Waals surface area contributed by atoms with Gasteiger partial charge in [0.1, 0.15) is 0 Å². The SMILES string of the molecule is CCCNC(COC)Cc1ccc([N+](=O)[O-])cc1C. The largest absolute Gasteiger partial charge is 0.383 e. The molecular weight excluding hydrogens is 244 g/mol. The van der Waals surface area contributed by atoms with E-state index in [4.69, 9.17) is 4.74 Å². The van der Waals surface area contributed by atoms with Gasteiger partial charge in [0.25, 0.3) is 5.69 Å². The lowest BCUT2D eigenvalue weighted by atomic mass is 10.0. The Morgan fingerprint density at radius 3 is 2.74 bits per heavy atom. The predicted octanol–water partition coefficient (Wildman–Crippen LogP) is 2.46. The van der Waals surface area contributed by atoms with E-state index in [0.29, 0.717) is 6.61 Å². The van der Waals surface area contributed by atoms with Crippen LogP contribution in [0.4, 0.5) is 5.69 Å². The van der Waals surface area contributed by atoms with Crippen LogP contribution in [-0.2, 0) is 11.2 Å². The maximum absolute atomic E-state index is 10.7. The molecule has 0 saturated heterocycles. The summed E-state index contributed by atoms with van der Waals surface area (Å²) in [5.74, 6) is 0. The van der Waals surface area contributed by atoms with Crippen LogP contribution < -0.4 is 5.32 Å². The monoisotopic (exact) mass is 266 g/mol. The minimum Gasteiger partial charge on any atom is -0.383 e. The quantitative estimate of drug-likeness (QED) is 0.580. The van der Waals surface area contributed by atoms with Crippen LogP contribution in [0.3, 0.4) is 0 Å². The van der Waals surface area contributed by atoms with E-state index < -0.39 is 0 Å². The van der Waals surface area contributed by atoms with Gasteiger partial charge in [-0.1, -0.05) is 13.0 Å². The van der Waals surface area contributed by atoms with Crippen molar-refractivity contribution in [2.24, 2.45) is 0 Å². The maximum atomic E-state index is 10.7. The van der Waals surface area contributed by atoms with Crippen LogP contribution in [-0.4, -0.2) is 31.2 Å². The molecule has 0 heterocycles. The molecule has 19 heavy (non-hydrogen) atoms. The lowest BCUT2D eigenvalue weighted by Gasteiger charge is -2.18. The third-order valence-corrected chi connectivity index (χ3v) is 3.05. The molecule has 0 aliphatic carbocycles. The third kappa shape index (κ3) is 4.96. The summed E-state index contributed by atoms with van der Waals surface area (Å²) in [7, 11) is 1.68. The van der Waals surface area contributed by atoms with Gasteiger partial charge in [0.05, 0.1) is 11.5 Å². The summed E-state index contributed by atoms with van der Waals surface area (Å²) in [6.45, 7) is 5.61. The molecular formula is C14H22N2O3. The average Bonchev–Trinajstić information content (AvgIpc) is 2.38. The van der Waals surface area contributed by atoms with E-state index in [-0.39, 0.29) is 16.7 Å². The molecule has 0 spiro atoms. The third-order valence-electron chi connectivity index (χ3n) is 3.05. The molecule has 0 saturated carbocycles. The number of nitrogens with zero attached hydrogens (tertiary/aromatic N) is 1. The van der Waals surface area contributed by atoms with Gasteiger partial charge >= 0.3 is 0 Å². The van der Waals surface area contributed by atoms with Gasteiger partial charge in [-0.25, -0.2) is 0 Å². The molecule has 106 valence electrons. The lowest BCUT2D eigenvalue weighted by molar-refractivity contribution is -0.384. The Morgan fingerprint density at radius 2 is 2.21 bits per heavy atom. The molecule has 1 unspecified atom stereocenters. The van der Waals surface area contributed by atoms with Crippen LogP contribution in [0.2, 0.25) is 0 Å². The second-order valence-electron chi connectivity index (χ2n) is 4.68. The topological polar surface area (TPSA) is 64.4 Å². The first-order chi connectivity index (χ1) is 9.08. The highest BCUT2D eigenvalue weighted by molar-refractivity contribution is 5.39. The van der Waals surface area contributed by atoms with Crippen molar-refractivity contribution in [3.05, 3.63) is 39.4 Å². The van der Waals surface area contributed by atoms with Crippen LogP contribution in [0.25, 0.3) is 0 Å². The number of aryl methyl sites for hydroxylation is 1. The van der Waals surface area contributed by atoms with Gasteiger partial charge in [-0.3, -0.25) is 10.1 Å². The molecule has 0 aromatic heterocycles. The number of nitro groups is 1. The Labute approximate surface area is 114 Å². The van der Waals surface area contributed by atoms with Crippen molar-refractivity contribution in [2.75, 3.05) is 20.3 Å². The normalized spacial score (nSPS) is 12.4. The summed E-state index contributed by atoms with van der Waals surface area (Å²) < 4.78 is 5.20. The Morgan fingerprint density at radius 1 is 1.47 bits per heavy atom. The number of nitro benzene ring substituents is 1. The second-order valence-corrected chi connectivity index (χ2v) is 4.68. The van der Waals surface area contributed by atoms with E-state index in [9.17, 15) is 10.1 Å². The molecule has 1 aromatic rings. The zero-order valence-electron chi connectivity index (χ0n) is 11.8. The zero-order valence-corrected chi connectivity index (χ0v) is 11.8. The van der Waals surface area contributed by atoms with E-state index in [1.54, 1.807) is 19.2 Å². The van der Waals surface area contributed by atoms with Gasteiger partial charge in [-0.05, 0) is 37.4 Å². The van der Waals surface area contributed by atoms with E-state index in [0.717, 1.165) is 30.5 Å². The first kappa shape index (κ1) is 15.6. The second kappa shape index (κ2) is 7.86. The zero-order chi connectivity index (χ0) is 14.3. The van der Waals surface area contributed by atoms with Crippen LogP contribution >= 0.6 is 0 Å². The summed E-state index contributed by atoms with van der Waals surface area (Å²) in [5.41, 5.74) is 2.22. The molecule has 0 bridgehead atoms. The predicted molar refractivity (Wildman–Crippen MR) is 75.5 cm³/mol. The van der Waals surface area contributed by atoms with Gasteiger partial charge in [0.15, 0.2) is 0 Å². The number of nitrogens with one attached hydrogen (secondary N) is 1. The van der Waals surface area contributed by atoms with Crippen molar-refractivity contribution >= 4 is 5.69 Å². The van der Waals surface area contributed by atoms with Crippen LogP contribution in [0.5, 0.6) is 0 Å². The van der Waals surface area contributed by atoms with Gasteiger partial charge in [0, 0.05) is 25.3 Å². The first-order valence-corrected chi connectivity index (χ1v) is 6.54. The molecule has 5 heteroatoms. The highest BCUT2D eigenvalue weighted by Crippen LogP contribution is 2.18. The van der Waals surface area contributed by atoms with E-state index in [1.807, 2.05) is 13.0 Å². The summed E-state index contributed by atoms with van der Waals surface area (Å²) in [6.07, 6.45) is 1.89. The Balaban J connectivity index is 2.75. The molecule has 0 fully saturated rings. The van der Waals surface area contributed by atoms with Crippen molar-refractivity contribution < 1.29 is 9.66 Å². The van der Waals surface area contributed by atoms with Gasteiger partial charge in [0.2, 0.25) is 0 Å². The van der Waals surface area contributed by atoms with Crippen molar-refractivity contribution in [2.45, 2.75) is 32.7 Å². The molecule has 1 N–H and O–H groups in total. The molecule has 0 aliphatic heterocycles. The van der Waals surface area contributed by atoms with Gasteiger partial charge < -0.3 is 10.1 Å². The number of non-ortho nitro benzene ring substituents is 1. The highest BCUT2D eigenvalue weighted by Gasteiger charge is 2.13. The number of hydrogen-bond acceptors (Lipinski definition) is 4. The Hall–Kier alpha value is -1.46. The van der Waals surface area contributed by atoms with E-state index in [1.165, 1.54) is 0 Å². The molecule has 0 radical (unpaired) electrons. The van der Waals surface area contributed by atoms with Crippen LogP contribution in [0.15, 0.2) is 18.2 Å². The van der Waals surface area contributed by atoms with Crippen molar-refractivity contribution in [1.82, 2.24) is 5.32 Å². The fourth-order valence-corrected chi connectivity index (χ4v) is 2.03. The van der Waals surface area contributed by atoms with Crippen LogP contribution in [0.1, 0.15) is 24.5 Å². The number of benzene rings is 1. The number of methoxy groups -OCH3 is 1. The minimum atomic E-state index is -0.362. The Bertz CT molecular complexity index is 421. The number of rotatable bonds is 8. The molecule has 0 amide bonds. The fraction of sp³-hybridized carbons (Fsp3) is 0.571. The highest BCUT2D eigenvalue weighted by atomic mass is 16.6. The van der Waals surface area contributed by atoms with Crippen LogP contribution in [0, 0.1) is 17.0 Å². The fourth-order valence-electron chi connectivity index (χ4n) is 2.03. The van der Waals surface area contributed by atoms with Gasteiger partial charge in [-0.2, -0.15) is 0 Å². The molecule has 1 atom stereocenters. The van der Waals surface area contributed by atoms with Gasteiger partial charge in [-0.15, -0.1) is 0 Å². The summed E-state index contributed by atoms with van der Waals surface area (Å²) in [4.78, 5) is 10.3. The van der Waals surface area contributed by atoms with E-state index >= 15 is 0 Å². The maximum Gasteiger partial charge on any atom is 0.269 e. The van der Waals surface area contributed by atoms with E-state index in [2.05, 4.69) is 12.2 Å². The summed E-state index contributed by atoms with van der Waals surface area (Å²) >= 11 is 0. The smallest absolute Gasteiger partial charge is 0.269 e.